The van der Waals surface area contributed by atoms with E-state index in [1.807, 2.05) is 0 Å². The van der Waals surface area contributed by atoms with Gasteiger partial charge in [-0.15, -0.1) is 0 Å². The lowest BCUT2D eigenvalue weighted by molar-refractivity contribution is -0.167. The molecule has 1 atom stereocenters. The average molecular weight is 801 g/mol. The number of carbonyl (C=O) groups is 3. The second kappa shape index (κ2) is 46.3. The molecule has 1 unspecified atom stereocenters. The molecule has 0 heterocycles. The van der Waals surface area contributed by atoms with Crippen molar-refractivity contribution >= 4 is 17.9 Å². The fourth-order valence-electron chi connectivity index (χ4n) is 6.99. The Morgan fingerprint density at radius 1 is 0.368 bits per heavy atom. The monoisotopic (exact) mass is 801 g/mol. The van der Waals surface area contributed by atoms with Crippen molar-refractivity contribution in [1.29, 1.82) is 0 Å². The first-order valence-electron chi connectivity index (χ1n) is 24.5. The highest BCUT2D eigenvalue weighted by molar-refractivity contribution is 5.71. The van der Waals surface area contributed by atoms with Crippen molar-refractivity contribution in [3.05, 3.63) is 36.5 Å². The zero-order valence-corrected chi connectivity index (χ0v) is 37.9. The van der Waals surface area contributed by atoms with Gasteiger partial charge in [0.2, 0.25) is 0 Å². The smallest absolute Gasteiger partial charge is 0.306 e. The quantitative estimate of drug-likeness (QED) is 0.0264. The van der Waals surface area contributed by atoms with E-state index >= 15 is 0 Å². The third-order valence-electron chi connectivity index (χ3n) is 10.7. The van der Waals surface area contributed by atoms with Crippen LogP contribution in [0.5, 0.6) is 0 Å². The maximum atomic E-state index is 12.7. The predicted molar refractivity (Wildman–Crippen MR) is 242 cm³/mol. The van der Waals surface area contributed by atoms with Crippen LogP contribution < -0.4 is 0 Å². The predicted octanol–water partition coefficient (Wildman–Crippen LogP) is 15.8. The van der Waals surface area contributed by atoms with E-state index in [1.165, 1.54) is 128 Å². The fraction of sp³-hybridized carbons (Fsp3) is 0.824. The summed E-state index contributed by atoms with van der Waals surface area (Å²) in [7, 11) is 0. The first-order valence-corrected chi connectivity index (χ1v) is 24.5. The Balaban J connectivity index is 4.26. The van der Waals surface area contributed by atoms with Crippen molar-refractivity contribution in [2.75, 3.05) is 13.2 Å². The molecule has 0 spiro atoms. The third-order valence-corrected chi connectivity index (χ3v) is 10.7. The second-order valence-corrected chi connectivity index (χ2v) is 16.4. The topological polar surface area (TPSA) is 78.9 Å². The van der Waals surface area contributed by atoms with E-state index in [0.717, 1.165) is 83.5 Å². The Labute approximate surface area is 353 Å². The first kappa shape index (κ1) is 54.6. The number of ether oxygens (including phenoxy) is 3. The molecule has 0 aromatic heterocycles. The zero-order chi connectivity index (χ0) is 41.5. The van der Waals surface area contributed by atoms with Crippen LogP contribution in [0.4, 0.5) is 0 Å². The molecule has 57 heavy (non-hydrogen) atoms. The van der Waals surface area contributed by atoms with E-state index in [-0.39, 0.29) is 31.1 Å². The van der Waals surface area contributed by atoms with Crippen molar-refractivity contribution in [1.82, 2.24) is 0 Å². The summed E-state index contributed by atoms with van der Waals surface area (Å²) in [6.07, 6.45) is 52.8. The van der Waals surface area contributed by atoms with E-state index in [9.17, 15) is 14.4 Å². The van der Waals surface area contributed by atoms with Crippen molar-refractivity contribution < 1.29 is 28.6 Å². The number of hydrogen-bond donors (Lipinski definition) is 0. The molecule has 0 aliphatic rings. The van der Waals surface area contributed by atoms with Crippen LogP contribution in [0.2, 0.25) is 0 Å². The van der Waals surface area contributed by atoms with Gasteiger partial charge in [-0.05, 0) is 51.4 Å². The van der Waals surface area contributed by atoms with Crippen molar-refractivity contribution in [3.63, 3.8) is 0 Å². The molecule has 0 bridgehead atoms. The molecular weight excluding hydrogens is 709 g/mol. The lowest BCUT2D eigenvalue weighted by Gasteiger charge is -2.18. The second-order valence-electron chi connectivity index (χ2n) is 16.4. The van der Waals surface area contributed by atoms with Crippen LogP contribution in [0.3, 0.4) is 0 Å². The largest absolute Gasteiger partial charge is 0.462 e. The van der Waals surface area contributed by atoms with Gasteiger partial charge in [-0.25, -0.2) is 0 Å². The number of esters is 3. The van der Waals surface area contributed by atoms with E-state index < -0.39 is 6.10 Å². The molecule has 0 saturated carbocycles. The molecule has 0 saturated heterocycles. The SMILES string of the molecule is CC/C=C\C/C=C\C/C=C\CCCCCCCCCC(=O)OCC(COC(=O)CCCCCCCCC)OC(=O)CCCCCCCCCCCCCCCCC. The summed E-state index contributed by atoms with van der Waals surface area (Å²) < 4.78 is 16.7. The van der Waals surface area contributed by atoms with Crippen molar-refractivity contribution in [2.45, 2.75) is 258 Å². The fourth-order valence-corrected chi connectivity index (χ4v) is 6.99. The van der Waals surface area contributed by atoms with Crippen LogP contribution in [0.25, 0.3) is 0 Å². The normalized spacial score (nSPS) is 12.3. The van der Waals surface area contributed by atoms with Gasteiger partial charge in [0, 0.05) is 19.3 Å². The minimum atomic E-state index is -0.768. The minimum Gasteiger partial charge on any atom is -0.462 e. The van der Waals surface area contributed by atoms with Gasteiger partial charge < -0.3 is 14.2 Å². The molecule has 6 nitrogen and oxygen atoms in total. The summed E-state index contributed by atoms with van der Waals surface area (Å²) in [4.78, 5) is 37.7. The molecule has 0 N–H and O–H groups in total. The summed E-state index contributed by atoms with van der Waals surface area (Å²) in [5.41, 5.74) is 0. The summed E-state index contributed by atoms with van der Waals surface area (Å²) in [6, 6.07) is 0. The number of carbonyl (C=O) groups excluding carboxylic acids is 3. The standard InChI is InChI=1S/C51H92O6/c1-4-7-10-13-16-18-20-22-24-25-27-28-30-32-35-38-41-44-50(53)56-47-48(46-55-49(52)43-40-37-34-15-12-9-6-3)57-51(54)45-42-39-36-33-31-29-26-23-21-19-17-14-11-8-5-2/h7,10,16,18,22,24,48H,4-6,8-9,11-15,17,19-21,23,25-47H2,1-3H3/b10-7-,18-16-,24-22-. The number of rotatable bonds is 44. The van der Waals surface area contributed by atoms with Crippen LogP contribution in [0.15, 0.2) is 36.5 Å². The molecule has 0 fully saturated rings. The molecule has 6 heteroatoms. The molecule has 0 aromatic carbocycles. The van der Waals surface area contributed by atoms with Crippen LogP contribution in [-0.2, 0) is 28.6 Å². The molecule has 332 valence electrons. The number of unbranched alkanes of at least 4 members (excludes halogenated alkanes) is 27. The highest BCUT2D eigenvalue weighted by Crippen LogP contribution is 2.15. The van der Waals surface area contributed by atoms with Gasteiger partial charge in [-0.1, -0.05) is 218 Å². The Hall–Kier alpha value is -2.37. The Bertz CT molecular complexity index is 969. The zero-order valence-electron chi connectivity index (χ0n) is 37.9. The van der Waals surface area contributed by atoms with Crippen molar-refractivity contribution in [2.24, 2.45) is 0 Å². The van der Waals surface area contributed by atoms with E-state index in [1.54, 1.807) is 0 Å². The first-order chi connectivity index (χ1) is 28.0. The number of allylic oxidation sites excluding steroid dienone is 6. The average Bonchev–Trinajstić information content (AvgIpc) is 3.21. The van der Waals surface area contributed by atoms with Gasteiger partial charge in [-0.3, -0.25) is 14.4 Å². The summed E-state index contributed by atoms with van der Waals surface area (Å²) in [5, 5.41) is 0. The van der Waals surface area contributed by atoms with Gasteiger partial charge in [-0.2, -0.15) is 0 Å². The highest BCUT2D eigenvalue weighted by atomic mass is 16.6. The third kappa shape index (κ3) is 44.6. The summed E-state index contributed by atoms with van der Waals surface area (Å²) in [5.74, 6) is -0.881. The van der Waals surface area contributed by atoms with Crippen LogP contribution in [0.1, 0.15) is 252 Å². The highest BCUT2D eigenvalue weighted by Gasteiger charge is 2.19. The van der Waals surface area contributed by atoms with E-state index in [0.29, 0.717) is 19.3 Å². The maximum Gasteiger partial charge on any atom is 0.306 e. The van der Waals surface area contributed by atoms with E-state index in [4.69, 9.17) is 14.2 Å². The molecular formula is C51H92O6. The Morgan fingerprint density at radius 2 is 0.684 bits per heavy atom. The van der Waals surface area contributed by atoms with Crippen molar-refractivity contribution in [3.8, 4) is 0 Å². The lowest BCUT2D eigenvalue weighted by Crippen LogP contribution is -2.30. The summed E-state index contributed by atoms with van der Waals surface area (Å²) in [6.45, 7) is 6.49. The lowest BCUT2D eigenvalue weighted by atomic mass is 10.0. The van der Waals surface area contributed by atoms with Crippen LogP contribution in [-0.4, -0.2) is 37.2 Å². The Kier molecular flexibility index (Phi) is 44.4. The van der Waals surface area contributed by atoms with Crippen LogP contribution >= 0.6 is 0 Å². The maximum absolute atomic E-state index is 12.7. The van der Waals surface area contributed by atoms with Gasteiger partial charge in [0.1, 0.15) is 13.2 Å². The number of hydrogen-bond acceptors (Lipinski definition) is 6. The molecule has 0 radical (unpaired) electrons. The van der Waals surface area contributed by atoms with Gasteiger partial charge in [0.05, 0.1) is 0 Å². The van der Waals surface area contributed by atoms with E-state index in [2.05, 4.69) is 57.2 Å². The molecule has 0 rings (SSSR count). The molecule has 0 aliphatic heterocycles. The van der Waals surface area contributed by atoms with Gasteiger partial charge in [0.25, 0.3) is 0 Å². The van der Waals surface area contributed by atoms with Crippen LogP contribution in [0, 0.1) is 0 Å². The molecule has 0 aliphatic carbocycles. The van der Waals surface area contributed by atoms with Gasteiger partial charge >= 0.3 is 17.9 Å². The summed E-state index contributed by atoms with van der Waals surface area (Å²) >= 11 is 0. The minimum absolute atomic E-state index is 0.0724. The van der Waals surface area contributed by atoms with Gasteiger partial charge in [0.15, 0.2) is 6.10 Å². The molecule has 0 amide bonds. The Morgan fingerprint density at radius 3 is 1.07 bits per heavy atom. The molecule has 0 aromatic rings.